The third kappa shape index (κ3) is 18.0. The number of ketones is 2. The van der Waals surface area contributed by atoms with Crippen molar-refractivity contribution in [1.29, 1.82) is 0 Å². The van der Waals surface area contributed by atoms with Gasteiger partial charge < -0.3 is 56.4 Å². The van der Waals surface area contributed by atoms with Crippen molar-refractivity contribution in [2.75, 3.05) is 135 Å². The Bertz CT molecular complexity index is 2390. The Morgan fingerprint density at radius 2 is 1.28 bits per heavy atom. The molecule has 1 heterocycles. The molecule has 0 atom stereocenters. The summed E-state index contributed by atoms with van der Waals surface area (Å²) in [5.41, 5.74) is 11.5. The van der Waals surface area contributed by atoms with Gasteiger partial charge in [-0.2, -0.15) is 0 Å². The van der Waals surface area contributed by atoms with E-state index in [9.17, 15) is 9.59 Å². The number of aromatic nitrogens is 2. The minimum atomic E-state index is -0.146. The molecule has 6 rings (SSSR count). The molecule has 1 saturated carbocycles. The number of carbonyl (C=O) groups is 2. The molecule has 0 spiro atoms. The molecule has 74 heavy (non-hydrogen) atoms. The molecule has 17 heteroatoms. The molecular formula is C57H88N12O5. The highest BCUT2D eigenvalue weighted by molar-refractivity contribution is 6.31. The number of nitrogens with zero attached hydrogens (tertiary/aromatic N) is 5. The lowest BCUT2D eigenvalue weighted by Gasteiger charge is -2.39. The molecule has 9 N–H and O–H groups in total. The van der Waals surface area contributed by atoms with Crippen molar-refractivity contribution in [2.45, 2.75) is 85.2 Å². The maximum atomic E-state index is 13.7. The number of nitrogens with two attached hydrogens (primary N) is 2. The largest absolute Gasteiger partial charge is 0.401 e. The normalized spacial score (nSPS) is 16.0. The lowest BCUT2D eigenvalue weighted by molar-refractivity contribution is 0.0128. The van der Waals surface area contributed by atoms with Gasteiger partial charge in [0.25, 0.3) is 0 Å². The SMILES string of the molecule is CCNCCNc1ccc(NCCNCCOCCOCCOCCN(N)/C=C(\N)CCCN(C)CCCNc2nc(CN(C)C3CCC(C(C)(C)C)CC3)nc3ccccc23)c2c1C(=O)c1ccccc1C2=O. The maximum Gasteiger partial charge on any atom is 0.196 e. The van der Waals surface area contributed by atoms with Crippen LogP contribution in [0.1, 0.15) is 110 Å². The molecule has 2 aliphatic rings. The fourth-order valence-corrected chi connectivity index (χ4v) is 9.87. The first-order valence-electron chi connectivity index (χ1n) is 27.2. The van der Waals surface area contributed by atoms with Gasteiger partial charge in [-0.15, -0.1) is 0 Å². The maximum absolute atomic E-state index is 13.7. The van der Waals surface area contributed by atoms with Crippen LogP contribution in [0.15, 0.2) is 72.6 Å². The molecule has 3 aromatic carbocycles. The standard InChI is InChI=1S/C57H88N12O5/c1-7-60-26-28-62-49-23-24-50(53-52(49)54(70)45-15-8-9-16-46(45)55(53)71)63-29-27-61-30-34-72-36-38-74-39-37-73-35-33-69(59)40-43(58)14-12-31-67(5)32-13-25-64-56-47-17-10-11-18-48(47)65-51(66-56)41-68(6)44-21-19-42(20-22-44)57(2,3)4/h8-11,15-18,23-24,40,42,44,60-63H,7,12-14,19-22,25-39,41,58-59H2,1-6H3,(H,64,65,66)/b43-40-. The number of anilines is 3. The molecule has 1 aromatic heterocycles. The second-order valence-corrected chi connectivity index (χ2v) is 20.8. The summed E-state index contributed by atoms with van der Waals surface area (Å²) >= 11 is 0. The number of ether oxygens (including phenoxy) is 3. The van der Waals surface area contributed by atoms with E-state index in [0.717, 1.165) is 92.7 Å². The van der Waals surface area contributed by atoms with E-state index in [1.807, 2.05) is 19.1 Å². The van der Waals surface area contributed by atoms with Crippen molar-refractivity contribution in [2.24, 2.45) is 22.9 Å². The van der Waals surface area contributed by atoms with Crippen molar-refractivity contribution in [3.63, 3.8) is 0 Å². The Morgan fingerprint density at radius 1 is 0.689 bits per heavy atom. The average Bonchev–Trinajstić information content (AvgIpc) is 3.39. The van der Waals surface area contributed by atoms with Gasteiger partial charge in [-0.1, -0.05) is 64.1 Å². The summed E-state index contributed by atoms with van der Waals surface area (Å²) < 4.78 is 17.1. The number of allylic oxidation sites excluding steroid dienone is 1. The van der Waals surface area contributed by atoms with Crippen LogP contribution in [0.3, 0.4) is 0 Å². The molecule has 0 amide bonds. The van der Waals surface area contributed by atoms with Crippen molar-refractivity contribution in [3.8, 4) is 0 Å². The molecule has 1 fully saturated rings. The van der Waals surface area contributed by atoms with Gasteiger partial charge in [-0.25, -0.2) is 15.8 Å². The molecule has 0 aliphatic heterocycles. The zero-order chi connectivity index (χ0) is 52.7. The van der Waals surface area contributed by atoms with Crippen LogP contribution in [-0.4, -0.2) is 162 Å². The van der Waals surface area contributed by atoms with Crippen LogP contribution in [0.25, 0.3) is 10.9 Å². The highest BCUT2D eigenvalue weighted by Gasteiger charge is 2.34. The molecule has 0 bridgehead atoms. The van der Waals surface area contributed by atoms with Crippen LogP contribution < -0.4 is 38.2 Å². The number of carbonyl (C=O) groups excluding carboxylic acids is 2. The third-order valence-corrected chi connectivity index (χ3v) is 14.2. The average molecular weight is 1020 g/mol. The first kappa shape index (κ1) is 58.0. The van der Waals surface area contributed by atoms with Crippen molar-refractivity contribution >= 4 is 39.7 Å². The van der Waals surface area contributed by atoms with Crippen LogP contribution in [0, 0.1) is 11.3 Å². The summed E-state index contributed by atoms with van der Waals surface area (Å²) in [4.78, 5) is 42.1. The van der Waals surface area contributed by atoms with Gasteiger partial charge in [0.15, 0.2) is 11.6 Å². The molecule has 4 aromatic rings. The summed E-state index contributed by atoms with van der Waals surface area (Å²) in [7, 11) is 4.39. The van der Waals surface area contributed by atoms with Crippen LogP contribution >= 0.6 is 0 Å². The van der Waals surface area contributed by atoms with Gasteiger partial charge in [-0.3, -0.25) is 14.5 Å². The Morgan fingerprint density at radius 3 is 1.93 bits per heavy atom. The van der Waals surface area contributed by atoms with E-state index in [0.29, 0.717) is 117 Å². The van der Waals surface area contributed by atoms with Crippen LogP contribution in [0.2, 0.25) is 0 Å². The number of benzene rings is 3. The molecule has 0 saturated heterocycles. The monoisotopic (exact) mass is 1020 g/mol. The van der Waals surface area contributed by atoms with E-state index in [2.05, 4.69) is 95.5 Å². The molecule has 0 radical (unpaired) electrons. The van der Waals surface area contributed by atoms with Crippen LogP contribution in [0.4, 0.5) is 17.2 Å². The Hall–Kier alpha value is -5.24. The van der Waals surface area contributed by atoms with E-state index in [1.165, 1.54) is 25.7 Å². The molecule has 0 unspecified atom stereocenters. The zero-order valence-electron chi connectivity index (χ0n) is 45.4. The minimum absolute atomic E-state index is 0.141. The Kier molecular flexibility index (Phi) is 23.8. The van der Waals surface area contributed by atoms with Gasteiger partial charge in [0, 0.05) is 85.1 Å². The summed E-state index contributed by atoms with van der Waals surface area (Å²) in [5, 5.41) is 19.6. The van der Waals surface area contributed by atoms with Crippen molar-refractivity contribution in [1.82, 2.24) is 35.4 Å². The number of fused-ring (bicyclic) bond motifs is 3. The Balaban J connectivity index is 0.757. The highest BCUT2D eigenvalue weighted by Crippen LogP contribution is 2.39. The number of likely N-dealkylation sites (N-methyl/N-ethyl adjacent to an activating group) is 1. The van der Waals surface area contributed by atoms with Crippen molar-refractivity contribution < 1.29 is 23.8 Å². The second kappa shape index (κ2) is 30.3. The van der Waals surface area contributed by atoms with Gasteiger partial charge in [0.2, 0.25) is 0 Å². The van der Waals surface area contributed by atoms with Crippen molar-refractivity contribution in [3.05, 3.63) is 101 Å². The summed E-state index contributed by atoms with van der Waals surface area (Å²) in [6.07, 6.45) is 9.54. The number of para-hydroxylation sites is 1. The lowest BCUT2D eigenvalue weighted by atomic mass is 9.71. The molecule has 17 nitrogen and oxygen atoms in total. The van der Waals surface area contributed by atoms with E-state index in [-0.39, 0.29) is 11.6 Å². The van der Waals surface area contributed by atoms with E-state index >= 15 is 0 Å². The topological polar surface area (TPSA) is 210 Å². The lowest BCUT2D eigenvalue weighted by Crippen LogP contribution is -2.37. The fourth-order valence-electron chi connectivity index (χ4n) is 9.87. The van der Waals surface area contributed by atoms with Crippen LogP contribution in [0.5, 0.6) is 0 Å². The van der Waals surface area contributed by atoms with Gasteiger partial charge in [0.05, 0.1) is 69.4 Å². The van der Waals surface area contributed by atoms with Gasteiger partial charge in [0.1, 0.15) is 11.6 Å². The minimum Gasteiger partial charge on any atom is -0.401 e. The molecule has 2 aliphatic carbocycles. The molecular weight excluding hydrogens is 933 g/mol. The third-order valence-electron chi connectivity index (χ3n) is 14.2. The number of hydrogen-bond donors (Lipinski definition) is 7. The van der Waals surface area contributed by atoms with E-state index < -0.39 is 0 Å². The fraction of sp³-hybridized carbons (Fsp3) is 0.579. The number of hydrogen-bond acceptors (Lipinski definition) is 17. The predicted octanol–water partition coefficient (Wildman–Crippen LogP) is 6.70. The first-order valence-corrected chi connectivity index (χ1v) is 27.2. The Labute approximate surface area is 441 Å². The quantitative estimate of drug-likeness (QED) is 0.0130. The number of rotatable bonds is 34. The molecule has 406 valence electrons. The van der Waals surface area contributed by atoms with Crippen LogP contribution in [-0.2, 0) is 20.8 Å². The zero-order valence-corrected chi connectivity index (χ0v) is 45.4. The summed E-state index contributed by atoms with van der Waals surface area (Å²) in [5.74, 6) is 8.49. The first-order chi connectivity index (χ1) is 35.8. The number of nitrogens with one attached hydrogen (secondary N) is 5. The summed E-state index contributed by atoms with van der Waals surface area (Å²) in [6, 6.07) is 19.7. The smallest absolute Gasteiger partial charge is 0.196 e. The summed E-state index contributed by atoms with van der Waals surface area (Å²) in [6.45, 7) is 20.2. The highest BCUT2D eigenvalue weighted by atomic mass is 16.5. The van der Waals surface area contributed by atoms with Gasteiger partial charge >= 0.3 is 0 Å². The van der Waals surface area contributed by atoms with E-state index in [4.69, 9.17) is 35.8 Å². The van der Waals surface area contributed by atoms with Gasteiger partial charge in [-0.05, 0) is 114 Å². The van der Waals surface area contributed by atoms with E-state index in [1.54, 1.807) is 35.5 Å². The number of hydrazine groups is 1. The predicted molar refractivity (Wildman–Crippen MR) is 300 cm³/mol. The second-order valence-electron chi connectivity index (χ2n) is 20.8.